The Morgan fingerprint density at radius 1 is 0.717 bits per heavy atom. The molecule has 7 nitrogen and oxygen atoms in total. The van der Waals surface area contributed by atoms with Crippen LogP contribution in [0.4, 0.5) is 5.69 Å². The van der Waals surface area contributed by atoms with E-state index in [1.165, 1.54) is 25.7 Å². The Labute approximate surface area is 315 Å². The smallest absolute Gasteiger partial charge is 0.232 e. The van der Waals surface area contributed by atoms with Crippen molar-refractivity contribution < 1.29 is 24.0 Å². The van der Waals surface area contributed by atoms with Crippen molar-refractivity contribution in [2.75, 3.05) is 12.4 Å². The van der Waals surface area contributed by atoms with Gasteiger partial charge in [-0.3, -0.25) is 9.59 Å². The number of hydrogen-bond acceptors (Lipinski definition) is 6. The summed E-state index contributed by atoms with van der Waals surface area (Å²) in [6, 6.07) is 22.3. The number of benzene rings is 3. The van der Waals surface area contributed by atoms with Gasteiger partial charge in [-0.05, 0) is 85.9 Å². The van der Waals surface area contributed by atoms with E-state index < -0.39 is 0 Å². The van der Waals surface area contributed by atoms with Crippen molar-refractivity contribution in [3.05, 3.63) is 138 Å². The predicted molar refractivity (Wildman–Crippen MR) is 216 cm³/mol. The number of carbonyl (C=O) groups is 2. The predicted octanol–water partition coefficient (Wildman–Crippen LogP) is 10.9. The van der Waals surface area contributed by atoms with Crippen LogP contribution in [0, 0.1) is 0 Å². The maximum atomic E-state index is 13.2. The van der Waals surface area contributed by atoms with Crippen LogP contribution < -0.4 is 10.1 Å². The van der Waals surface area contributed by atoms with Crippen LogP contribution in [-0.4, -0.2) is 29.1 Å². The number of anilines is 1. The summed E-state index contributed by atoms with van der Waals surface area (Å²) in [5, 5.41) is 16.7. The minimum absolute atomic E-state index is 0.0250. The number of ether oxygens (including phenoxy) is 1. The lowest BCUT2D eigenvalue weighted by Gasteiger charge is -2.08. The van der Waals surface area contributed by atoms with Crippen molar-refractivity contribution in [2.45, 2.75) is 90.6 Å². The Kier molecular flexibility index (Phi) is 17.8. The van der Waals surface area contributed by atoms with Gasteiger partial charge in [-0.15, -0.1) is 0 Å². The second-order valence-electron chi connectivity index (χ2n) is 13.0. The van der Waals surface area contributed by atoms with E-state index in [0.29, 0.717) is 35.7 Å². The Hall–Kier alpha value is -5.27. The number of aliphatic hydroxyl groups is 1. The lowest BCUT2D eigenvalue weighted by Crippen LogP contribution is -2.14. The van der Waals surface area contributed by atoms with Gasteiger partial charge in [0, 0.05) is 24.1 Å². The zero-order valence-corrected chi connectivity index (χ0v) is 31.3. The maximum absolute atomic E-state index is 13.2. The molecule has 1 heterocycles. The standard InChI is InChI=1S/C46H54N2O5/c1-3-4-5-6-7-8-9-10-11-12-13-14-15-16-17-18-19-20-41(50)33-36-23-29-40(30-24-36)47-44(51)34-43-45(38-27-31-42(52-2)32-28-38)46(48-53-43)39-25-21-37(35-49)22-26-39/h7-8,10-11,13-14,16-17,21-32,49H,3-6,9,12,15,18-20,33-35H2,1-2H3,(H,47,51)/b8-7-,11-10-,14-13-,17-16-. The van der Waals surface area contributed by atoms with Crippen LogP contribution in [0.2, 0.25) is 0 Å². The molecular formula is C46H54N2O5. The highest BCUT2D eigenvalue weighted by atomic mass is 16.5. The normalized spacial score (nSPS) is 11.8. The molecule has 0 aliphatic carbocycles. The largest absolute Gasteiger partial charge is 0.497 e. The molecule has 0 spiro atoms. The van der Waals surface area contributed by atoms with Crippen molar-refractivity contribution in [1.82, 2.24) is 5.16 Å². The summed E-state index contributed by atoms with van der Waals surface area (Å²) in [4.78, 5) is 25.8. The van der Waals surface area contributed by atoms with Crippen LogP contribution in [0.5, 0.6) is 5.75 Å². The van der Waals surface area contributed by atoms with Crippen LogP contribution >= 0.6 is 0 Å². The third-order valence-electron chi connectivity index (χ3n) is 8.80. The van der Waals surface area contributed by atoms with E-state index in [1.807, 2.05) is 72.8 Å². The van der Waals surface area contributed by atoms with E-state index in [9.17, 15) is 14.7 Å². The molecule has 1 amide bonds. The molecule has 0 fully saturated rings. The number of rotatable bonds is 23. The molecule has 4 aromatic rings. The van der Waals surface area contributed by atoms with Crippen molar-refractivity contribution in [1.29, 1.82) is 0 Å². The zero-order chi connectivity index (χ0) is 37.5. The number of ketones is 1. The number of amides is 1. The summed E-state index contributed by atoms with van der Waals surface area (Å²) in [5.74, 6) is 1.10. The minimum Gasteiger partial charge on any atom is -0.497 e. The van der Waals surface area contributed by atoms with E-state index in [2.05, 4.69) is 66.0 Å². The Balaban J connectivity index is 1.19. The van der Waals surface area contributed by atoms with E-state index >= 15 is 0 Å². The van der Waals surface area contributed by atoms with Gasteiger partial charge in [-0.2, -0.15) is 0 Å². The van der Waals surface area contributed by atoms with Gasteiger partial charge in [0.2, 0.25) is 5.91 Å². The van der Waals surface area contributed by atoms with Gasteiger partial charge in [0.25, 0.3) is 0 Å². The zero-order valence-electron chi connectivity index (χ0n) is 31.3. The van der Waals surface area contributed by atoms with E-state index in [4.69, 9.17) is 9.26 Å². The number of methoxy groups -OCH3 is 1. The van der Waals surface area contributed by atoms with Gasteiger partial charge in [0.1, 0.15) is 17.2 Å². The lowest BCUT2D eigenvalue weighted by atomic mass is 9.97. The quantitative estimate of drug-likeness (QED) is 0.0586. The fraction of sp³-hybridized carbons (Fsp3) is 0.326. The fourth-order valence-electron chi connectivity index (χ4n) is 5.82. The maximum Gasteiger partial charge on any atom is 0.232 e. The number of Topliss-reactive ketones (excluding diaryl/α,β-unsaturated/α-hetero) is 1. The summed E-state index contributed by atoms with van der Waals surface area (Å²) >= 11 is 0. The number of carbonyl (C=O) groups excluding carboxylic acids is 2. The monoisotopic (exact) mass is 714 g/mol. The number of nitrogens with one attached hydrogen (secondary N) is 1. The summed E-state index contributed by atoms with van der Waals surface area (Å²) in [6.07, 6.45) is 28.2. The molecular weight excluding hydrogens is 661 g/mol. The second-order valence-corrected chi connectivity index (χ2v) is 13.0. The lowest BCUT2D eigenvalue weighted by molar-refractivity contribution is -0.118. The SMILES string of the molecule is CCCCC/C=C\C/C=C\C/C=C\C/C=C\CCCC(=O)Cc1ccc(NC(=O)Cc2onc(-c3ccc(CO)cc3)c2-c2ccc(OC)cc2)cc1. The molecule has 0 atom stereocenters. The molecule has 0 aliphatic rings. The molecule has 4 rings (SSSR count). The number of hydrogen-bond donors (Lipinski definition) is 2. The van der Waals surface area contributed by atoms with E-state index in [0.717, 1.165) is 59.9 Å². The van der Waals surface area contributed by atoms with Crippen LogP contribution in [-0.2, 0) is 29.0 Å². The Bertz CT molecular complexity index is 1800. The molecule has 3 aromatic carbocycles. The third kappa shape index (κ3) is 14.3. The van der Waals surface area contributed by atoms with Crippen LogP contribution in [0.1, 0.15) is 88.0 Å². The highest BCUT2D eigenvalue weighted by Gasteiger charge is 2.22. The highest BCUT2D eigenvalue weighted by molar-refractivity contribution is 5.94. The van der Waals surface area contributed by atoms with Crippen molar-refractivity contribution >= 4 is 17.4 Å². The van der Waals surface area contributed by atoms with Crippen molar-refractivity contribution in [3.8, 4) is 28.1 Å². The average Bonchev–Trinajstić information content (AvgIpc) is 3.59. The number of aliphatic hydroxyl groups excluding tert-OH is 1. The van der Waals surface area contributed by atoms with Crippen LogP contribution in [0.15, 0.2) is 126 Å². The molecule has 0 bridgehead atoms. The van der Waals surface area contributed by atoms with Crippen molar-refractivity contribution in [3.63, 3.8) is 0 Å². The first-order valence-electron chi connectivity index (χ1n) is 18.8. The fourth-order valence-corrected chi connectivity index (χ4v) is 5.82. The number of aromatic nitrogens is 1. The molecule has 53 heavy (non-hydrogen) atoms. The van der Waals surface area contributed by atoms with E-state index in [1.54, 1.807) is 7.11 Å². The van der Waals surface area contributed by atoms with Gasteiger partial charge in [0.15, 0.2) is 5.76 Å². The second kappa shape index (κ2) is 23.3. The summed E-state index contributed by atoms with van der Waals surface area (Å²) in [6.45, 7) is 2.18. The molecule has 0 unspecified atom stereocenters. The first-order valence-corrected chi connectivity index (χ1v) is 18.8. The first kappa shape index (κ1) is 40.5. The summed E-state index contributed by atoms with van der Waals surface area (Å²) < 4.78 is 11.1. The number of nitrogens with zero attached hydrogens (tertiary/aromatic N) is 1. The minimum atomic E-state index is -0.251. The average molecular weight is 715 g/mol. The van der Waals surface area contributed by atoms with Gasteiger partial charge < -0.3 is 19.7 Å². The molecule has 0 radical (unpaired) electrons. The van der Waals surface area contributed by atoms with Gasteiger partial charge in [0.05, 0.1) is 25.7 Å². The Morgan fingerprint density at radius 2 is 1.30 bits per heavy atom. The van der Waals surface area contributed by atoms with Gasteiger partial charge in [-0.25, -0.2) is 0 Å². The molecule has 278 valence electrons. The van der Waals surface area contributed by atoms with Crippen LogP contribution in [0.3, 0.4) is 0 Å². The van der Waals surface area contributed by atoms with E-state index in [-0.39, 0.29) is 24.7 Å². The molecule has 0 saturated heterocycles. The molecule has 1 aromatic heterocycles. The van der Waals surface area contributed by atoms with Crippen LogP contribution in [0.25, 0.3) is 22.4 Å². The molecule has 0 saturated carbocycles. The summed E-state index contributed by atoms with van der Waals surface area (Å²) in [7, 11) is 1.61. The van der Waals surface area contributed by atoms with Gasteiger partial charge in [-0.1, -0.05) is 122 Å². The first-order chi connectivity index (χ1) is 26.0. The highest BCUT2D eigenvalue weighted by Crippen LogP contribution is 2.36. The molecule has 2 N–H and O–H groups in total. The summed E-state index contributed by atoms with van der Waals surface area (Å²) in [5.41, 5.74) is 5.31. The molecule has 0 aliphatic heterocycles. The topological polar surface area (TPSA) is 102 Å². The number of allylic oxidation sites excluding steroid dienone is 8. The number of unbranched alkanes of at least 4 members (excludes halogenated alkanes) is 4. The third-order valence-corrected chi connectivity index (χ3v) is 8.80. The van der Waals surface area contributed by atoms with Crippen molar-refractivity contribution in [2.24, 2.45) is 0 Å². The van der Waals surface area contributed by atoms with Gasteiger partial charge >= 0.3 is 0 Å². The Morgan fingerprint density at radius 3 is 1.91 bits per heavy atom. The molecule has 7 heteroatoms.